The summed E-state index contributed by atoms with van der Waals surface area (Å²) in [5.41, 5.74) is 2.52. The van der Waals surface area contributed by atoms with Crippen LogP contribution < -0.4 is 10.2 Å². The number of carbonyl (C=O) groups is 1. The van der Waals surface area contributed by atoms with Gasteiger partial charge < -0.3 is 19.3 Å². The van der Waals surface area contributed by atoms with E-state index in [0.29, 0.717) is 42.0 Å². The summed E-state index contributed by atoms with van der Waals surface area (Å²) in [5, 5.41) is 20.0. The third kappa shape index (κ3) is 5.40. The number of imidazole rings is 1. The number of fused-ring (bicyclic) bond motifs is 1. The van der Waals surface area contributed by atoms with Gasteiger partial charge in [0.1, 0.15) is 11.2 Å². The second kappa shape index (κ2) is 10.6. The number of halogens is 1. The van der Waals surface area contributed by atoms with Crippen LogP contribution in [0.4, 0.5) is 10.7 Å². The molecule has 11 heteroatoms. The molecule has 1 amide bonds. The molecule has 2 fully saturated rings. The Hall–Kier alpha value is -3.24. The van der Waals surface area contributed by atoms with Crippen molar-refractivity contribution < 1.29 is 14.6 Å². The Morgan fingerprint density at radius 3 is 2.70 bits per heavy atom. The molecule has 5 rings (SSSR count). The van der Waals surface area contributed by atoms with E-state index in [1.807, 2.05) is 18.2 Å². The molecule has 0 radical (unpaired) electrons. The van der Waals surface area contributed by atoms with Gasteiger partial charge in [0, 0.05) is 23.7 Å². The third-order valence-electron chi connectivity index (χ3n) is 7.34. The van der Waals surface area contributed by atoms with Crippen LogP contribution in [0.1, 0.15) is 45.4 Å². The first kappa shape index (κ1) is 25.4. The van der Waals surface area contributed by atoms with Gasteiger partial charge in [0.25, 0.3) is 0 Å². The number of nitrogens with zero attached hydrogens (tertiary/aromatic N) is 5. The highest BCUT2D eigenvalue weighted by molar-refractivity contribution is 6.30. The van der Waals surface area contributed by atoms with Crippen LogP contribution in [-0.2, 0) is 11.3 Å². The first-order chi connectivity index (χ1) is 17.8. The van der Waals surface area contributed by atoms with E-state index in [9.17, 15) is 4.79 Å². The number of nitrogens with one attached hydrogen (secondary N) is 2. The summed E-state index contributed by atoms with van der Waals surface area (Å²) < 4.78 is 7.92. The van der Waals surface area contributed by atoms with E-state index in [1.165, 1.54) is 12.8 Å². The standard InChI is InChI=1S/C26H32ClN7O3/c1-15-6-8-17(9-7-15)13-34-21-20(18-4-3-5-19(27)12-18)29-24(22(28)30-26(35)36)31-23(21)32-25(34)33-10-11-37-14-16(33)2/h3-5,12,15-17H,6-11,13-14H2,1-2H3,(H2,28,30)(H,35,36)/t15?,16-,17?/m1/s1. The van der Waals surface area contributed by atoms with Gasteiger partial charge in [0.05, 0.1) is 19.3 Å². The van der Waals surface area contributed by atoms with Crippen LogP contribution in [0.3, 0.4) is 0 Å². The van der Waals surface area contributed by atoms with E-state index in [0.717, 1.165) is 42.3 Å². The largest absolute Gasteiger partial charge is 0.465 e. The molecule has 10 nitrogen and oxygen atoms in total. The lowest BCUT2D eigenvalue weighted by Gasteiger charge is -2.35. The van der Waals surface area contributed by atoms with Gasteiger partial charge in [0.15, 0.2) is 17.3 Å². The van der Waals surface area contributed by atoms with Crippen molar-refractivity contribution in [3.8, 4) is 11.3 Å². The van der Waals surface area contributed by atoms with Gasteiger partial charge in [-0.1, -0.05) is 43.5 Å². The summed E-state index contributed by atoms with van der Waals surface area (Å²) in [6, 6.07) is 7.49. The molecule has 1 saturated heterocycles. The van der Waals surface area contributed by atoms with E-state index in [1.54, 1.807) is 6.07 Å². The average Bonchev–Trinajstić information content (AvgIpc) is 3.22. The summed E-state index contributed by atoms with van der Waals surface area (Å²) in [5.74, 6) is 1.60. The minimum Gasteiger partial charge on any atom is -0.465 e. The van der Waals surface area contributed by atoms with Crippen LogP contribution in [0.5, 0.6) is 0 Å². The number of carboxylic acid groups (broad SMARTS) is 1. The van der Waals surface area contributed by atoms with E-state index in [-0.39, 0.29) is 11.9 Å². The van der Waals surface area contributed by atoms with Crippen molar-refractivity contribution in [1.29, 1.82) is 5.41 Å². The Labute approximate surface area is 220 Å². The first-order valence-corrected chi connectivity index (χ1v) is 13.2. The quantitative estimate of drug-likeness (QED) is 0.322. The number of hydrogen-bond donors (Lipinski definition) is 3. The molecule has 0 bridgehead atoms. The average molecular weight is 526 g/mol. The fourth-order valence-electron chi connectivity index (χ4n) is 5.32. The number of hydrogen-bond acceptors (Lipinski definition) is 7. The molecule has 0 spiro atoms. The molecule has 1 saturated carbocycles. The molecule has 37 heavy (non-hydrogen) atoms. The number of amidine groups is 1. The molecule has 196 valence electrons. The topological polar surface area (TPSA) is 129 Å². The zero-order valence-corrected chi connectivity index (χ0v) is 21.8. The van der Waals surface area contributed by atoms with Crippen LogP contribution >= 0.6 is 11.6 Å². The van der Waals surface area contributed by atoms with E-state index in [4.69, 9.17) is 31.8 Å². The SMILES string of the molecule is CC1CCC(Cn2c(N3CCOC[C@H]3C)nc3nc(C(=N)NC(=O)O)nc(-c4cccc(Cl)c4)c32)CC1. The van der Waals surface area contributed by atoms with Crippen molar-refractivity contribution in [2.45, 2.75) is 52.1 Å². The van der Waals surface area contributed by atoms with Crippen LogP contribution in [0.25, 0.3) is 22.4 Å². The van der Waals surface area contributed by atoms with Crippen LogP contribution in [-0.4, -0.2) is 62.4 Å². The smallest absolute Gasteiger partial charge is 0.410 e. The summed E-state index contributed by atoms with van der Waals surface area (Å²) in [7, 11) is 0. The maximum Gasteiger partial charge on any atom is 0.410 e. The predicted molar refractivity (Wildman–Crippen MR) is 143 cm³/mol. The van der Waals surface area contributed by atoms with Crippen molar-refractivity contribution in [2.75, 3.05) is 24.7 Å². The van der Waals surface area contributed by atoms with E-state index >= 15 is 0 Å². The number of anilines is 1. The number of amides is 1. The first-order valence-electron chi connectivity index (χ1n) is 12.8. The fourth-order valence-corrected chi connectivity index (χ4v) is 5.51. The van der Waals surface area contributed by atoms with Gasteiger partial charge in [-0.2, -0.15) is 4.98 Å². The second-order valence-electron chi connectivity index (χ2n) is 10.1. The Morgan fingerprint density at radius 1 is 1.22 bits per heavy atom. The number of benzene rings is 1. The monoisotopic (exact) mass is 525 g/mol. The summed E-state index contributed by atoms with van der Waals surface area (Å²) in [4.78, 5) is 27.7. The van der Waals surface area contributed by atoms with E-state index in [2.05, 4.69) is 38.6 Å². The van der Waals surface area contributed by atoms with Gasteiger partial charge in [-0.25, -0.2) is 14.8 Å². The van der Waals surface area contributed by atoms with Crippen molar-refractivity contribution in [3.05, 3.63) is 35.1 Å². The van der Waals surface area contributed by atoms with Gasteiger partial charge in [-0.05, 0) is 43.7 Å². The van der Waals surface area contributed by atoms with E-state index < -0.39 is 11.9 Å². The lowest BCUT2D eigenvalue weighted by molar-refractivity contribution is 0.0976. The number of ether oxygens (including phenoxy) is 1. The summed E-state index contributed by atoms with van der Waals surface area (Å²) in [6.45, 7) is 7.14. The zero-order chi connectivity index (χ0) is 26.1. The van der Waals surface area contributed by atoms with Gasteiger partial charge in [0.2, 0.25) is 5.95 Å². The molecule has 3 N–H and O–H groups in total. The molecule has 2 aromatic heterocycles. The number of aromatic nitrogens is 4. The molecule has 1 aliphatic carbocycles. The van der Waals surface area contributed by atoms with Gasteiger partial charge >= 0.3 is 6.09 Å². The molecule has 1 aromatic carbocycles. The van der Waals surface area contributed by atoms with Crippen molar-refractivity contribution in [1.82, 2.24) is 24.8 Å². The number of rotatable bonds is 5. The highest BCUT2D eigenvalue weighted by atomic mass is 35.5. The Kier molecular flexibility index (Phi) is 7.30. The lowest BCUT2D eigenvalue weighted by Crippen LogP contribution is -2.45. The molecule has 2 aliphatic rings. The highest BCUT2D eigenvalue weighted by Crippen LogP contribution is 2.36. The van der Waals surface area contributed by atoms with Crippen LogP contribution in [0, 0.1) is 17.2 Å². The maximum absolute atomic E-state index is 11.2. The predicted octanol–water partition coefficient (Wildman–Crippen LogP) is 4.79. The summed E-state index contributed by atoms with van der Waals surface area (Å²) in [6.07, 6.45) is 3.37. The Bertz CT molecular complexity index is 1320. The zero-order valence-electron chi connectivity index (χ0n) is 21.1. The normalized spacial score (nSPS) is 22.2. The Morgan fingerprint density at radius 2 is 2.00 bits per heavy atom. The van der Waals surface area contributed by atoms with Gasteiger partial charge in [-0.15, -0.1) is 0 Å². The highest BCUT2D eigenvalue weighted by Gasteiger charge is 2.30. The molecule has 1 aliphatic heterocycles. The molecular weight excluding hydrogens is 494 g/mol. The minimum absolute atomic E-state index is 0.0393. The maximum atomic E-state index is 11.2. The van der Waals surface area contributed by atoms with Gasteiger partial charge in [-0.3, -0.25) is 10.7 Å². The fraction of sp³-hybridized carbons (Fsp3) is 0.500. The molecular formula is C26H32ClN7O3. The molecule has 3 aromatic rings. The van der Waals surface area contributed by atoms with Crippen molar-refractivity contribution in [3.63, 3.8) is 0 Å². The molecule has 1 atom stereocenters. The molecule has 3 heterocycles. The van der Waals surface area contributed by atoms with Crippen molar-refractivity contribution >= 4 is 40.6 Å². The minimum atomic E-state index is -1.35. The Balaban J connectivity index is 1.71. The van der Waals surface area contributed by atoms with Crippen molar-refractivity contribution in [2.24, 2.45) is 11.8 Å². The van der Waals surface area contributed by atoms with Crippen LogP contribution in [0.2, 0.25) is 5.02 Å². The molecule has 0 unspecified atom stereocenters. The summed E-state index contributed by atoms with van der Waals surface area (Å²) >= 11 is 6.35. The lowest BCUT2D eigenvalue weighted by atomic mass is 9.83. The van der Waals surface area contributed by atoms with Crippen LogP contribution in [0.15, 0.2) is 24.3 Å². The number of morpholine rings is 1. The third-order valence-corrected chi connectivity index (χ3v) is 7.57. The second-order valence-corrected chi connectivity index (χ2v) is 10.6.